The zero-order valence-electron chi connectivity index (χ0n) is 7.85. The summed E-state index contributed by atoms with van der Waals surface area (Å²) in [6, 6.07) is 3.45. The summed E-state index contributed by atoms with van der Waals surface area (Å²) in [6.45, 7) is 0. The molecule has 0 aliphatic heterocycles. The number of aliphatic hydroxyl groups excluding tert-OH is 1. The Hall–Kier alpha value is -0.940. The minimum atomic E-state index is -0.986. The molecule has 1 aliphatic carbocycles. The summed E-state index contributed by atoms with van der Waals surface area (Å²) in [5.74, 6) is -0.914. The van der Waals surface area contributed by atoms with E-state index in [9.17, 15) is 9.90 Å². The molecule has 1 aromatic rings. The van der Waals surface area contributed by atoms with Gasteiger partial charge in [-0.2, -0.15) is 0 Å². The van der Waals surface area contributed by atoms with E-state index >= 15 is 0 Å². The van der Waals surface area contributed by atoms with E-state index < -0.39 is 17.5 Å². The highest BCUT2D eigenvalue weighted by atomic mass is 79.9. The quantitative estimate of drug-likeness (QED) is 0.851. The first kappa shape index (κ1) is 10.6. The second-order valence-corrected chi connectivity index (χ2v) is 4.73. The van der Waals surface area contributed by atoms with E-state index in [1.54, 1.807) is 18.3 Å². The molecule has 0 atom stereocenters. The molecule has 1 heterocycles. The van der Waals surface area contributed by atoms with Crippen molar-refractivity contribution in [1.82, 2.24) is 4.98 Å². The Labute approximate surface area is 95.1 Å². The molecule has 0 saturated heterocycles. The van der Waals surface area contributed by atoms with E-state index in [2.05, 4.69) is 20.9 Å². The van der Waals surface area contributed by atoms with Gasteiger partial charge in [0, 0.05) is 10.7 Å². The number of aliphatic carboxylic acids is 1. The molecule has 1 aromatic heterocycles. The molecule has 0 bridgehead atoms. The molecule has 2 rings (SSSR count). The molecule has 15 heavy (non-hydrogen) atoms. The summed E-state index contributed by atoms with van der Waals surface area (Å²) in [5.41, 5.74) is -0.469. The van der Waals surface area contributed by atoms with E-state index in [1.165, 1.54) is 0 Å². The molecule has 80 valence electrons. The number of rotatable bonds is 2. The van der Waals surface area contributed by atoms with Crippen LogP contribution in [0.2, 0.25) is 0 Å². The number of carboxylic acid groups (broad SMARTS) is 1. The van der Waals surface area contributed by atoms with Crippen molar-refractivity contribution >= 4 is 21.9 Å². The van der Waals surface area contributed by atoms with Crippen LogP contribution in [-0.2, 0) is 10.2 Å². The molecule has 0 spiro atoms. The average Bonchev–Trinajstić information content (AvgIpc) is 2.13. The summed E-state index contributed by atoms with van der Waals surface area (Å²) >= 11 is 3.24. The molecule has 1 fully saturated rings. The fraction of sp³-hybridized carbons (Fsp3) is 0.400. The summed E-state index contributed by atoms with van der Waals surface area (Å²) < 4.78 is 0.812. The number of pyridine rings is 1. The number of aromatic nitrogens is 1. The monoisotopic (exact) mass is 271 g/mol. The van der Waals surface area contributed by atoms with E-state index in [1.807, 2.05) is 0 Å². The van der Waals surface area contributed by atoms with Crippen LogP contribution in [0.5, 0.6) is 0 Å². The summed E-state index contributed by atoms with van der Waals surface area (Å²) in [7, 11) is 0. The van der Waals surface area contributed by atoms with Gasteiger partial charge >= 0.3 is 5.97 Å². The van der Waals surface area contributed by atoms with Gasteiger partial charge in [-0.3, -0.25) is 9.78 Å². The Morgan fingerprint density at radius 1 is 1.53 bits per heavy atom. The number of aliphatic hydroxyl groups is 1. The van der Waals surface area contributed by atoms with Crippen molar-refractivity contribution in [3.63, 3.8) is 0 Å². The molecule has 5 heteroatoms. The largest absolute Gasteiger partial charge is 0.481 e. The average molecular weight is 272 g/mol. The lowest BCUT2D eigenvalue weighted by atomic mass is 9.64. The summed E-state index contributed by atoms with van der Waals surface area (Å²) in [4.78, 5) is 15.3. The third-order valence-corrected chi connectivity index (χ3v) is 3.26. The summed E-state index contributed by atoms with van der Waals surface area (Å²) in [5, 5.41) is 18.4. The van der Waals surface area contributed by atoms with Crippen molar-refractivity contribution < 1.29 is 15.0 Å². The molecule has 4 nitrogen and oxygen atoms in total. The predicted molar refractivity (Wildman–Crippen MR) is 56.5 cm³/mol. The highest BCUT2D eigenvalue weighted by molar-refractivity contribution is 9.10. The van der Waals surface area contributed by atoms with Gasteiger partial charge in [-0.1, -0.05) is 0 Å². The maximum absolute atomic E-state index is 11.2. The molecule has 0 unspecified atom stereocenters. The molecule has 0 aromatic carbocycles. The van der Waals surface area contributed by atoms with Crippen molar-refractivity contribution in [3.8, 4) is 0 Å². The lowest BCUT2D eigenvalue weighted by molar-refractivity contribution is -0.153. The maximum atomic E-state index is 11.2. The minimum Gasteiger partial charge on any atom is -0.481 e. The Kier molecular flexibility index (Phi) is 2.52. The first-order chi connectivity index (χ1) is 7.04. The van der Waals surface area contributed by atoms with Gasteiger partial charge in [-0.15, -0.1) is 0 Å². The number of hydrogen-bond acceptors (Lipinski definition) is 3. The number of carboxylic acids is 1. The van der Waals surface area contributed by atoms with Crippen molar-refractivity contribution in [1.29, 1.82) is 0 Å². The van der Waals surface area contributed by atoms with Gasteiger partial charge in [-0.05, 0) is 40.9 Å². The van der Waals surface area contributed by atoms with E-state index in [-0.39, 0.29) is 12.8 Å². The highest BCUT2D eigenvalue weighted by Crippen LogP contribution is 2.43. The van der Waals surface area contributed by atoms with Gasteiger partial charge in [0.05, 0.1) is 11.8 Å². The third kappa shape index (κ3) is 1.66. The van der Waals surface area contributed by atoms with Gasteiger partial charge in [-0.25, -0.2) is 0 Å². The van der Waals surface area contributed by atoms with Crippen LogP contribution in [0.25, 0.3) is 0 Å². The van der Waals surface area contributed by atoms with Crippen LogP contribution in [0, 0.1) is 0 Å². The van der Waals surface area contributed by atoms with E-state index in [0.29, 0.717) is 5.69 Å². The fourth-order valence-electron chi connectivity index (χ4n) is 1.90. The third-order valence-electron chi connectivity index (χ3n) is 2.80. The first-order valence-corrected chi connectivity index (χ1v) is 5.37. The fourth-order valence-corrected chi connectivity index (χ4v) is 2.13. The number of carbonyl (C=O) groups is 1. The summed E-state index contributed by atoms with van der Waals surface area (Å²) in [6.07, 6.45) is 1.55. The smallest absolute Gasteiger partial charge is 0.315 e. The molecule has 1 saturated carbocycles. The van der Waals surface area contributed by atoms with Crippen LogP contribution in [0.15, 0.2) is 22.8 Å². The van der Waals surface area contributed by atoms with E-state index in [0.717, 1.165) is 4.47 Å². The number of nitrogens with zero attached hydrogens (tertiary/aromatic N) is 1. The van der Waals surface area contributed by atoms with Crippen LogP contribution in [0.1, 0.15) is 18.5 Å². The van der Waals surface area contributed by atoms with Gasteiger partial charge in [0.1, 0.15) is 5.41 Å². The number of hydrogen-bond donors (Lipinski definition) is 2. The van der Waals surface area contributed by atoms with Crippen LogP contribution < -0.4 is 0 Å². The second kappa shape index (κ2) is 3.57. The first-order valence-electron chi connectivity index (χ1n) is 4.58. The van der Waals surface area contributed by atoms with Gasteiger partial charge in [0.25, 0.3) is 0 Å². The molecule has 2 N–H and O–H groups in total. The van der Waals surface area contributed by atoms with Crippen molar-refractivity contribution in [2.24, 2.45) is 0 Å². The molecular weight excluding hydrogens is 262 g/mol. The lowest BCUT2D eigenvalue weighted by Crippen LogP contribution is -2.51. The standard InChI is InChI=1S/C10H10BrNO3/c11-6-1-2-8(12-5-6)10(9(14)15)3-7(13)4-10/h1-2,5,7,13H,3-4H2,(H,14,15). The maximum Gasteiger partial charge on any atom is 0.315 e. The Morgan fingerprint density at radius 2 is 2.20 bits per heavy atom. The minimum absolute atomic E-state index is 0.247. The van der Waals surface area contributed by atoms with Crippen molar-refractivity contribution in [2.45, 2.75) is 24.4 Å². The Balaban J connectivity index is 2.34. The number of halogens is 1. The molecule has 1 aliphatic rings. The predicted octanol–water partition coefficient (Wildman–Crippen LogP) is 1.32. The van der Waals surface area contributed by atoms with Crippen LogP contribution in [-0.4, -0.2) is 27.3 Å². The molecular formula is C10H10BrNO3. The van der Waals surface area contributed by atoms with Gasteiger partial charge in [0.2, 0.25) is 0 Å². The zero-order valence-corrected chi connectivity index (χ0v) is 9.44. The zero-order chi connectivity index (χ0) is 11.1. The topological polar surface area (TPSA) is 70.4 Å². The highest BCUT2D eigenvalue weighted by Gasteiger charge is 2.52. The SMILES string of the molecule is O=C(O)C1(c2ccc(Br)cn2)CC(O)C1. The van der Waals surface area contributed by atoms with Crippen LogP contribution >= 0.6 is 15.9 Å². The van der Waals surface area contributed by atoms with E-state index in [4.69, 9.17) is 5.11 Å². The van der Waals surface area contributed by atoms with Crippen LogP contribution in [0.4, 0.5) is 0 Å². The van der Waals surface area contributed by atoms with Crippen molar-refractivity contribution in [2.75, 3.05) is 0 Å². The van der Waals surface area contributed by atoms with Crippen LogP contribution in [0.3, 0.4) is 0 Å². The van der Waals surface area contributed by atoms with Gasteiger partial charge < -0.3 is 10.2 Å². The Morgan fingerprint density at radius 3 is 2.60 bits per heavy atom. The molecule has 0 radical (unpaired) electrons. The van der Waals surface area contributed by atoms with Crippen molar-refractivity contribution in [3.05, 3.63) is 28.5 Å². The molecule has 0 amide bonds. The second-order valence-electron chi connectivity index (χ2n) is 3.81. The Bertz CT molecular complexity index is 384. The normalized spacial score (nSPS) is 29.6. The van der Waals surface area contributed by atoms with Gasteiger partial charge in [0.15, 0.2) is 0 Å². The lowest BCUT2D eigenvalue weighted by Gasteiger charge is -2.41.